The molecule has 6 nitrogen and oxygen atoms in total. The number of benzene rings is 1. The number of carbonyl (C=O) groups excluding carboxylic acids is 1. The maximum absolute atomic E-state index is 13.2. The van der Waals surface area contributed by atoms with Crippen molar-refractivity contribution < 1.29 is 9.53 Å². The van der Waals surface area contributed by atoms with Gasteiger partial charge >= 0.3 is 0 Å². The van der Waals surface area contributed by atoms with Crippen LogP contribution < -0.4 is 5.32 Å². The van der Waals surface area contributed by atoms with E-state index in [-0.39, 0.29) is 11.9 Å². The van der Waals surface area contributed by atoms with Gasteiger partial charge in [-0.2, -0.15) is 0 Å². The number of anilines is 2. The fraction of sp³-hybridized carbons (Fsp3) is 0.333. The number of nitrogens with zero attached hydrogens (tertiary/aromatic N) is 2. The summed E-state index contributed by atoms with van der Waals surface area (Å²) in [5.74, 6) is 0.0837. The lowest BCUT2D eigenvalue weighted by Gasteiger charge is -2.23. The zero-order valence-electron chi connectivity index (χ0n) is 17.8. The van der Waals surface area contributed by atoms with E-state index >= 15 is 0 Å². The van der Waals surface area contributed by atoms with Crippen molar-refractivity contribution in [1.82, 2.24) is 14.9 Å². The second kappa shape index (κ2) is 8.32. The molecule has 4 heterocycles. The summed E-state index contributed by atoms with van der Waals surface area (Å²) in [5, 5.41) is 4.69. The van der Waals surface area contributed by atoms with Crippen molar-refractivity contribution in [1.29, 1.82) is 0 Å². The Balaban J connectivity index is 1.42. The lowest BCUT2D eigenvalue weighted by atomic mass is 10.2. The van der Waals surface area contributed by atoms with E-state index < -0.39 is 0 Å². The molecule has 1 aromatic carbocycles. The number of pyridine rings is 1. The van der Waals surface area contributed by atoms with Crippen LogP contribution in [0.15, 0.2) is 42.6 Å². The van der Waals surface area contributed by atoms with Gasteiger partial charge in [-0.05, 0) is 63.1 Å². The highest BCUT2D eigenvalue weighted by atomic mass is 32.1. The van der Waals surface area contributed by atoms with Gasteiger partial charge in [0.15, 0.2) is 0 Å². The number of carbonyl (C=O) groups is 1. The monoisotopic (exact) mass is 434 g/mol. The van der Waals surface area contributed by atoms with E-state index in [9.17, 15) is 4.79 Å². The number of hydrogen-bond donors (Lipinski definition) is 2. The van der Waals surface area contributed by atoms with E-state index in [1.807, 2.05) is 24.0 Å². The fourth-order valence-electron chi connectivity index (χ4n) is 4.32. The van der Waals surface area contributed by atoms with Gasteiger partial charge in [-0.1, -0.05) is 0 Å². The Morgan fingerprint density at radius 3 is 3.10 bits per heavy atom. The van der Waals surface area contributed by atoms with Crippen LogP contribution >= 0.6 is 11.3 Å². The molecular formula is C24H26N4O2S. The van der Waals surface area contributed by atoms with Crippen LogP contribution in [0, 0.1) is 6.92 Å². The molecule has 4 aromatic rings. The molecule has 0 spiro atoms. The molecule has 0 unspecified atom stereocenters. The predicted molar refractivity (Wildman–Crippen MR) is 126 cm³/mol. The number of rotatable bonds is 6. The first-order valence-corrected chi connectivity index (χ1v) is 11.6. The summed E-state index contributed by atoms with van der Waals surface area (Å²) in [6, 6.07) is 12.5. The number of aryl methyl sites for hydroxylation is 1. The molecule has 3 aromatic heterocycles. The number of aromatic amines is 1. The number of H-pyrrole nitrogens is 1. The molecule has 1 aliphatic heterocycles. The summed E-state index contributed by atoms with van der Waals surface area (Å²) in [7, 11) is 0. The van der Waals surface area contributed by atoms with Crippen molar-refractivity contribution in [2.75, 3.05) is 25.1 Å². The Bertz CT molecular complexity index is 1250. The van der Waals surface area contributed by atoms with Crippen molar-refractivity contribution in [3.05, 3.63) is 53.2 Å². The molecule has 1 aliphatic rings. The van der Waals surface area contributed by atoms with E-state index in [1.54, 1.807) is 6.20 Å². The first-order valence-electron chi connectivity index (χ1n) is 10.8. The van der Waals surface area contributed by atoms with Crippen molar-refractivity contribution in [3.8, 4) is 0 Å². The highest BCUT2D eigenvalue weighted by molar-refractivity contribution is 7.21. The lowest BCUT2D eigenvalue weighted by molar-refractivity contribution is 0.0568. The number of hydrogen-bond acceptors (Lipinski definition) is 5. The van der Waals surface area contributed by atoms with Crippen LogP contribution in [0.5, 0.6) is 0 Å². The Morgan fingerprint density at radius 2 is 2.23 bits per heavy atom. The minimum atomic E-state index is 0.0837. The largest absolute Gasteiger partial charge is 0.380 e. The zero-order chi connectivity index (χ0) is 21.4. The number of likely N-dealkylation sites (tertiary alicyclic amines) is 1. The Labute approximate surface area is 185 Å². The maximum Gasteiger partial charge on any atom is 0.264 e. The molecule has 0 radical (unpaired) electrons. The van der Waals surface area contributed by atoms with Crippen molar-refractivity contribution in [3.63, 3.8) is 0 Å². The van der Waals surface area contributed by atoms with Gasteiger partial charge in [-0.25, -0.2) is 0 Å². The van der Waals surface area contributed by atoms with Crippen LogP contribution in [0.1, 0.15) is 35.1 Å². The third-order valence-electron chi connectivity index (χ3n) is 5.81. The Morgan fingerprint density at radius 1 is 1.32 bits per heavy atom. The number of amides is 1. The summed E-state index contributed by atoms with van der Waals surface area (Å²) in [5.41, 5.74) is 5.09. The van der Waals surface area contributed by atoms with Crippen LogP contribution in [0.4, 0.5) is 11.4 Å². The minimum absolute atomic E-state index is 0.0837. The zero-order valence-corrected chi connectivity index (χ0v) is 18.6. The second-order valence-corrected chi connectivity index (χ2v) is 9.07. The Kier molecular flexibility index (Phi) is 5.38. The van der Waals surface area contributed by atoms with Gasteiger partial charge in [0, 0.05) is 41.6 Å². The summed E-state index contributed by atoms with van der Waals surface area (Å²) < 4.78 is 6.59. The smallest absolute Gasteiger partial charge is 0.264 e. The summed E-state index contributed by atoms with van der Waals surface area (Å²) in [6.07, 6.45) is 3.82. The summed E-state index contributed by atoms with van der Waals surface area (Å²) in [6.45, 7) is 6.12. The maximum atomic E-state index is 13.2. The normalized spacial score (nSPS) is 16.5. The van der Waals surface area contributed by atoms with Crippen LogP contribution in [0.25, 0.3) is 21.1 Å². The van der Waals surface area contributed by atoms with E-state index in [0.29, 0.717) is 13.2 Å². The number of ether oxygens (including phenoxy) is 1. The number of aromatic nitrogens is 2. The molecule has 0 aliphatic carbocycles. The molecule has 1 amide bonds. The summed E-state index contributed by atoms with van der Waals surface area (Å²) in [4.78, 5) is 23.8. The van der Waals surface area contributed by atoms with Gasteiger partial charge < -0.3 is 19.9 Å². The molecule has 0 saturated carbocycles. The van der Waals surface area contributed by atoms with Gasteiger partial charge in [0.1, 0.15) is 0 Å². The van der Waals surface area contributed by atoms with Gasteiger partial charge in [-0.3, -0.25) is 9.78 Å². The average molecular weight is 435 g/mol. The van der Waals surface area contributed by atoms with E-state index in [1.165, 1.54) is 16.7 Å². The van der Waals surface area contributed by atoms with Crippen LogP contribution in [-0.4, -0.2) is 46.6 Å². The van der Waals surface area contributed by atoms with Gasteiger partial charge in [0.25, 0.3) is 5.91 Å². The van der Waals surface area contributed by atoms with Crippen molar-refractivity contribution in [2.24, 2.45) is 0 Å². The number of fused-ring (bicyclic) bond motifs is 2. The van der Waals surface area contributed by atoms with Gasteiger partial charge in [0.05, 0.1) is 33.4 Å². The van der Waals surface area contributed by atoms with E-state index in [4.69, 9.17) is 4.74 Å². The first kappa shape index (κ1) is 20.0. The van der Waals surface area contributed by atoms with Crippen LogP contribution in [0.2, 0.25) is 0 Å². The van der Waals surface area contributed by atoms with Crippen molar-refractivity contribution in [2.45, 2.75) is 32.7 Å². The molecular weight excluding hydrogens is 408 g/mol. The predicted octanol–water partition coefficient (Wildman–Crippen LogP) is 5.47. The van der Waals surface area contributed by atoms with Crippen LogP contribution in [0.3, 0.4) is 0 Å². The van der Waals surface area contributed by atoms with E-state index in [0.717, 1.165) is 57.1 Å². The molecule has 1 fully saturated rings. The lowest BCUT2D eigenvalue weighted by Crippen LogP contribution is -2.37. The van der Waals surface area contributed by atoms with Gasteiger partial charge in [-0.15, -0.1) is 11.3 Å². The fourth-order valence-corrected chi connectivity index (χ4v) is 5.36. The molecule has 31 heavy (non-hydrogen) atoms. The molecule has 5 rings (SSSR count). The average Bonchev–Trinajstić information content (AvgIpc) is 3.49. The Hall–Kier alpha value is -2.90. The first-order chi connectivity index (χ1) is 15.1. The molecule has 7 heteroatoms. The molecule has 1 atom stereocenters. The van der Waals surface area contributed by atoms with Crippen LogP contribution in [-0.2, 0) is 4.74 Å². The topological polar surface area (TPSA) is 70.2 Å². The summed E-state index contributed by atoms with van der Waals surface area (Å²) >= 11 is 1.51. The number of thiophene rings is 1. The van der Waals surface area contributed by atoms with Gasteiger partial charge in [0.2, 0.25) is 0 Å². The standard InChI is InChI=1S/C24H26N4O2S/c1-3-30-14-18-5-4-10-28(18)24(29)22-13-21-23(31-22)20(8-9-25-21)27-17-6-7-19-16(12-17)11-15(2)26-19/h6-9,11-13,18,26H,3-5,10,14H2,1-2H3,(H,25,27)/t18-/m1/s1. The quantitative estimate of drug-likeness (QED) is 0.422. The van der Waals surface area contributed by atoms with Crippen molar-refractivity contribution >= 4 is 49.7 Å². The number of nitrogens with one attached hydrogen (secondary N) is 2. The molecule has 0 bridgehead atoms. The highest BCUT2D eigenvalue weighted by Crippen LogP contribution is 2.34. The highest BCUT2D eigenvalue weighted by Gasteiger charge is 2.30. The molecule has 160 valence electrons. The molecule has 1 saturated heterocycles. The van der Waals surface area contributed by atoms with E-state index in [2.05, 4.69) is 46.5 Å². The third-order valence-corrected chi connectivity index (χ3v) is 6.96. The second-order valence-electron chi connectivity index (χ2n) is 8.02. The molecule has 2 N–H and O–H groups in total. The third kappa shape index (κ3) is 3.91. The minimum Gasteiger partial charge on any atom is -0.380 e. The SMILES string of the molecule is CCOC[C@H]1CCCN1C(=O)c1cc2nccc(Nc3ccc4[nH]c(C)cc4c3)c2s1.